The fourth-order valence-electron chi connectivity index (χ4n) is 3.58. The van der Waals surface area contributed by atoms with Gasteiger partial charge in [-0.25, -0.2) is 0 Å². The lowest BCUT2D eigenvalue weighted by Crippen LogP contribution is -2.21. The average Bonchev–Trinajstić information content (AvgIpc) is 2.78. The molecule has 1 aliphatic heterocycles. The van der Waals surface area contributed by atoms with Gasteiger partial charge in [-0.2, -0.15) is 5.26 Å². The zero-order valence-electron chi connectivity index (χ0n) is 11.8. The molecule has 1 saturated carbocycles. The topological polar surface area (TPSA) is 33.0 Å². The van der Waals surface area contributed by atoms with Crippen molar-refractivity contribution in [3.8, 4) is 11.8 Å². The van der Waals surface area contributed by atoms with Gasteiger partial charge in [0.25, 0.3) is 0 Å². The average molecular weight is 290 g/mol. The molecule has 0 saturated heterocycles. The van der Waals surface area contributed by atoms with E-state index < -0.39 is 0 Å². The molecule has 3 heteroatoms. The number of nitrogens with zero attached hydrogens (tertiary/aromatic N) is 1. The van der Waals surface area contributed by atoms with Crippen LogP contribution in [0.25, 0.3) is 0 Å². The van der Waals surface area contributed by atoms with Gasteiger partial charge in [0, 0.05) is 11.4 Å². The molecule has 0 bridgehead atoms. The Bertz CT molecular complexity index is 539. The molecule has 3 rings (SSSR count). The summed E-state index contributed by atoms with van der Waals surface area (Å²) >= 11 is 6.23. The van der Waals surface area contributed by atoms with Crippen molar-refractivity contribution in [1.29, 1.82) is 5.26 Å². The number of halogens is 1. The predicted molar refractivity (Wildman–Crippen MR) is 80.1 cm³/mol. The molecule has 0 radical (unpaired) electrons. The Morgan fingerprint density at radius 3 is 2.65 bits per heavy atom. The van der Waals surface area contributed by atoms with Gasteiger partial charge < -0.3 is 4.74 Å². The van der Waals surface area contributed by atoms with Gasteiger partial charge >= 0.3 is 0 Å². The number of hydrogen-bond acceptors (Lipinski definition) is 2. The molecular formula is C17H20ClNO. The zero-order chi connectivity index (χ0) is 14.0. The van der Waals surface area contributed by atoms with Crippen molar-refractivity contribution in [3.63, 3.8) is 0 Å². The first-order valence-electron chi connectivity index (χ1n) is 7.58. The van der Waals surface area contributed by atoms with Crippen LogP contribution in [0, 0.1) is 16.7 Å². The highest BCUT2D eigenvalue weighted by molar-refractivity contribution is 6.30. The van der Waals surface area contributed by atoms with Crippen molar-refractivity contribution >= 4 is 11.6 Å². The third-order valence-corrected chi connectivity index (χ3v) is 4.87. The molecule has 0 aromatic heterocycles. The van der Waals surface area contributed by atoms with E-state index in [1.807, 2.05) is 12.1 Å². The van der Waals surface area contributed by atoms with Gasteiger partial charge in [-0.15, -0.1) is 0 Å². The number of fused-ring (bicyclic) bond motifs is 1. The highest BCUT2D eigenvalue weighted by atomic mass is 35.5. The minimum atomic E-state index is -0.221. The zero-order valence-corrected chi connectivity index (χ0v) is 12.5. The van der Waals surface area contributed by atoms with Gasteiger partial charge in [-0.05, 0) is 42.5 Å². The predicted octanol–water partition coefficient (Wildman–Crippen LogP) is 4.68. The molecule has 1 aromatic carbocycles. The second kappa shape index (κ2) is 5.66. The molecule has 20 heavy (non-hydrogen) atoms. The summed E-state index contributed by atoms with van der Waals surface area (Å²) in [6.07, 6.45) is 8.57. The number of rotatable bonds is 2. The van der Waals surface area contributed by atoms with Crippen molar-refractivity contribution in [2.45, 2.75) is 51.4 Å². The van der Waals surface area contributed by atoms with Crippen LogP contribution >= 0.6 is 11.6 Å². The summed E-state index contributed by atoms with van der Waals surface area (Å²) in [5.41, 5.74) is 2.11. The van der Waals surface area contributed by atoms with E-state index in [0.717, 1.165) is 61.5 Å². The van der Waals surface area contributed by atoms with Gasteiger partial charge in [-0.1, -0.05) is 37.3 Å². The van der Waals surface area contributed by atoms with E-state index in [1.165, 1.54) is 18.4 Å². The van der Waals surface area contributed by atoms with Crippen LogP contribution in [0.4, 0.5) is 0 Å². The molecule has 0 spiro atoms. The monoisotopic (exact) mass is 289 g/mol. The first-order chi connectivity index (χ1) is 9.72. The summed E-state index contributed by atoms with van der Waals surface area (Å²) in [5.74, 6) is 0.994. The fourth-order valence-corrected chi connectivity index (χ4v) is 3.84. The lowest BCUT2D eigenvalue weighted by molar-refractivity contribution is 0.321. The van der Waals surface area contributed by atoms with Crippen LogP contribution in [0.2, 0.25) is 5.02 Å². The van der Waals surface area contributed by atoms with Crippen LogP contribution in [0.3, 0.4) is 0 Å². The molecule has 106 valence electrons. The molecule has 2 nitrogen and oxygen atoms in total. The maximum atomic E-state index is 9.72. The Morgan fingerprint density at radius 2 is 1.95 bits per heavy atom. The van der Waals surface area contributed by atoms with E-state index in [0.29, 0.717) is 0 Å². The minimum Gasteiger partial charge on any atom is -0.493 e. The molecule has 0 N–H and O–H groups in total. The normalized spacial score (nSPS) is 20.6. The first-order valence-corrected chi connectivity index (χ1v) is 7.96. The third-order valence-electron chi connectivity index (χ3n) is 4.65. The molecule has 1 fully saturated rings. The van der Waals surface area contributed by atoms with Gasteiger partial charge in [-0.3, -0.25) is 0 Å². The Labute approximate surface area is 125 Å². The van der Waals surface area contributed by atoms with E-state index in [1.54, 1.807) is 0 Å². The molecule has 0 unspecified atom stereocenters. The number of hydrogen-bond donors (Lipinski definition) is 0. The lowest BCUT2D eigenvalue weighted by atomic mass is 9.76. The first kappa shape index (κ1) is 13.8. The molecule has 0 amide bonds. The van der Waals surface area contributed by atoms with Gasteiger partial charge in [0.05, 0.1) is 18.1 Å². The van der Waals surface area contributed by atoms with Crippen LogP contribution in [0.5, 0.6) is 5.75 Å². The van der Waals surface area contributed by atoms with E-state index in [9.17, 15) is 5.26 Å². The smallest absolute Gasteiger partial charge is 0.125 e. The van der Waals surface area contributed by atoms with Crippen LogP contribution in [-0.2, 0) is 12.8 Å². The second-order valence-corrected chi connectivity index (χ2v) is 6.57. The molecule has 1 aliphatic carbocycles. The summed E-state index contributed by atoms with van der Waals surface area (Å²) < 4.78 is 5.78. The van der Waals surface area contributed by atoms with Gasteiger partial charge in [0.2, 0.25) is 0 Å². The number of nitriles is 1. The van der Waals surface area contributed by atoms with E-state index in [2.05, 4.69) is 6.07 Å². The summed E-state index contributed by atoms with van der Waals surface area (Å²) in [6.45, 7) is 0.738. The molecule has 0 atom stereocenters. The van der Waals surface area contributed by atoms with Crippen LogP contribution < -0.4 is 4.74 Å². The Kier molecular flexibility index (Phi) is 3.89. The van der Waals surface area contributed by atoms with E-state index in [-0.39, 0.29) is 5.41 Å². The number of ether oxygens (including phenoxy) is 1. The summed E-state index contributed by atoms with van der Waals surface area (Å²) in [7, 11) is 0. The standard InChI is InChI=1S/C17H20ClNO/c18-15-9-13-5-8-20-16(13)14(10-15)11-17(12-19)6-3-1-2-4-7-17/h9-10H,1-8,11H2. The highest BCUT2D eigenvalue weighted by Crippen LogP contribution is 2.42. The SMILES string of the molecule is N#CC1(Cc2cc(Cl)cc3c2OCC3)CCCCCC1. The molecule has 1 heterocycles. The quantitative estimate of drug-likeness (QED) is 0.741. The van der Waals surface area contributed by atoms with E-state index in [4.69, 9.17) is 16.3 Å². The molecule has 1 aromatic rings. The van der Waals surface area contributed by atoms with Crippen LogP contribution in [-0.4, -0.2) is 6.61 Å². The van der Waals surface area contributed by atoms with Crippen molar-refractivity contribution < 1.29 is 4.74 Å². The largest absolute Gasteiger partial charge is 0.493 e. The number of benzene rings is 1. The van der Waals surface area contributed by atoms with Crippen molar-refractivity contribution in [2.24, 2.45) is 5.41 Å². The van der Waals surface area contributed by atoms with Crippen LogP contribution in [0.1, 0.15) is 49.7 Å². The highest BCUT2D eigenvalue weighted by Gasteiger charge is 2.33. The summed E-state index contributed by atoms with van der Waals surface area (Å²) in [5, 5.41) is 10.5. The summed E-state index contributed by atoms with van der Waals surface area (Å²) in [6, 6.07) is 6.61. The third kappa shape index (κ3) is 2.65. The van der Waals surface area contributed by atoms with Crippen LogP contribution in [0.15, 0.2) is 12.1 Å². The van der Waals surface area contributed by atoms with Crippen molar-refractivity contribution in [2.75, 3.05) is 6.61 Å². The Balaban J connectivity index is 1.92. The summed E-state index contributed by atoms with van der Waals surface area (Å²) in [4.78, 5) is 0. The van der Waals surface area contributed by atoms with E-state index >= 15 is 0 Å². The second-order valence-electron chi connectivity index (χ2n) is 6.13. The van der Waals surface area contributed by atoms with Gasteiger partial charge in [0.15, 0.2) is 0 Å². The maximum Gasteiger partial charge on any atom is 0.125 e. The molecular weight excluding hydrogens is 270 g/mol. The van der Waals surface area contributed by atoms with Crippen molar-refractivity contribution in [3.05, 3.63) is 28.3 Å². The fraction of sp³-hybridized carbons (Fsp3) is 0.588. The van der Waals surface area contributed by atoms with Gasteiger partial charge in [0.1, 0.15) is 5.75 Å². The lowest BCUT2D eigenvalue weighted by Gasteiger charge is -2.25. The van der Waals surface area contributed by atoms with Crippen molar-refractivity contribution in [1.82, 2.24) is 0 Å². The Hall–Kier alpha value is -1.20. The molecule has 2 aliphatic rings. The Morgan fingerprint density at radius 1 is 1.20 bits per heavy atom. The minimum absolute atomic E-state index is 0.221. The maximum absolute atomic E-state index is 9.72.